The van der Waals surface area contributed by atoms with E-state index >= 15 is 0 Å². The third kappa shape index (κ3) is 3.49. The quantitative estimate of drug-likeness (QED) is 0.462. The molecule has 74 valence electrons. The summed E-state index contributed by atoms with van der Waals surface area (Å²) in [6.07, 6.45) is 5.83. The Bertz CT molecular complexity index is 203. The van der Waals surface area contributed by atoms with E-state index in [2.05, 4.69) is 45.9 Å². The minimum Gasteiger partial charge on any atom is -0.375 e. The molecule has 0 saturated heterocycles. The van der Waals surface area contributed by atoms with Gasteiger partial charge in [-0.05, 0) is 25.8 Å². The SMILES string of the molecule is C=C/C=C(/C)N(C)C(C)C(C)C=C. The molecule has 0 amide bonds. The van der Waals surface area contributed by atoms with Crippen molar-refractivity contribution in [2.75, 3.05) is 7.05 Å². The first-order chi connectivity index (χ1) is 6.04. The summed E-state index contributed by atoms with van der Waals surface area (Å²) >= 11 is 0. The second kappa shape index (κ2) is 5.63. The van der Waals surface area contributed by atoms with Crippen molar-refractivity contribution in [3.8, 4) is 0 Å². The van der Waals surface area contributed by atoms with Crippen LogP contribution in [0, 0.1) is 5.92 Å². The minimum atomic E-state index is 0.480. The van der Waals surface area contributed by atoms with Gasteiger partial charge in [0.2, 0.25) is 0 Å². The molecule has 0 aliphatic rings. The first kappa shape index (κ1) is 12.0. The molecule has 0 N–H and O–H groups in total. The van der Waals surface area contributed by atoms with Gasteiger partial charge in [-0.1, -0.05) is 25.7 Å². The number of rotatable bonds is 5. The molecule has 0 saturated carbocycles. The van der Waals surface area contributed by atoms with E-state index in [1.165, 1.54) is 5.70 Å². The monoisotopic (exact) mass is 179 g/mol. The normalized spacial score (nSPS) is 16.2. The van der Waals surface area contributed by atoms with Gasteiger partial charge in [-0.3, -0.25) is 0 Å². The number of nitrogens with zero attached hydrogens (tertiary/aromatic N) is 1. The van der Waals surface area contributed by atoms with Gasteiger partial charge >= 0.3 is 0 Å². The highest BCUT2D eigenvalue weighted by atomic mass is 15.1. The van der Waals surface area contributed by atoms with E-state index in [1.54, 1.807) is 0 Å². The molecule has 1 nitrogen and oxygen atoms in total. The second-order valence-electron chi connectivity index (χ2n) is 3.49. The number of hydrogen-bond donors (Lipinski definition) is 0. The molecule has 0 spiro atoms. The van der Waals surface area contributed by atoms with Crippen LogP contribution in [0.25, 0.3) is 0 Å². The van der Waals surface area contributed by atoms with E-state index < -0.39 is 0 Å². The van der Waals surface area contributed by atoms with Crippen molar-refractivity contribution in [2.24, 2.45) is 5.92 Å². The Morgan fingerprint density at radius 2 is 1.85 bits per heavy atom. The van der Waals surface area contributed by atoms with Crippen molar-refractivity contribution in [1.82, 2.24) is 4.90 Å². The number of allylic oxidation sites excluding steroid dienone is 3. The van der Waals surface area contributed by atoms with Crippen LogP contribution in [0.2, 0.25) is 0 Å². The van der Waals surface area contributed by atoms with Crippen LogP contribution in [0.15, 0.2) is 37.1 Å². The first-order valence-corrected chi connectivity index (χ1v) is 4.69. The highest BCUT2D eigenvalue weighted by molar-refractivity contribution is 5.08. The summed E-state index contributed by atoms with van der Waals surface area (Å²) in [5.41, 5.74) is 1.23. The summed E-state index contributed by atoms with van der Waals surface area (Å²) < 4.78 is 0. The molecule has 0 radical (unpaired) electrons. The van der Waals surface area contributed by atoms with Gasteiger partial charge in [-0.15, -0.1) is 6.58 Å². The molecule has 0 rings (SSSR count). The second-order valence-corrected chi connectivity index (χ2v) is 3.49. The lowest BCUT2D eigenvalue weighted by Crippen LogP contribution is -2.32. The average molecular weight is 179 g/mol. The van der Waals surface area contributed by atoms with Crippen molar-refractivity contribution in [1.29, 1.82) is 0 Å². The lowest BCUT2D eigenvalue weighted by molar-refractivity contribution is 0.276. The van der Waals surface area contributed by atoms with Crippen LogP contribution in [0.3, 0.4) is 0 Å². The van der Waals surface area contributed by atoms with Crippen LogP contribution >= 0.6 is 0 Å². The molecule has 2 unspecified atom stereocenters. The maximum atomic E-state index is 3.80. The maximum Gasteiger partial charge on any atom is 0.0315 e. The van der Waals surface area contributed by atoms with E-state index in [1.807, 2.05) is 18.2 Å². The summed E-state index contributed by atoms with van der Waals surface area (Å²) in [6, 6.07) is 0.480. The Balaban J connectivity index is 4.40. The predicted octanol–water partition coefficient (Wildman–Crippen LogP) is 3.22. The van der Waals surface area contributed by atoms with Crippen LogP contribution < -0.4 is 0 Å². The number of hydrogen-bond acceptors (Lipinski definition) is 1. The highest BCUT2D eigenvalue weighted by Gasteiger charge is 2.13. The third-order valence-electron chi connectivity index (χ3n) is 2.66. The van der Waals surface area contributed by atoms with E-state index in [-0.39, 0.29) is 0 Å². The smallest absolute Gasteiger partial charge is 0.0315 e. The van der Waals surface area contributed by atoms with Crippen LogP contribution in [0.1, 0.15) is 20.8 Å². The van der Waals surface area contributed by atoms with E-state index in [4.69, 9.17) is 0 Å². The molecule has 1 heteroatoms. The average Bonchev–Trinajstić information content (AvgIpc) is 2.14. The molecule has 0 aromatic heterocycles. The van der Waals surface area contributed by atoms with Gasteiger partial charge in [0.15, 0.2) is 0 Å². The van der Waals surface area contributed by atoms with Crippen molar-refractivity contribution < 1.29 is 0 Å². The van der Waals surface area contributed by atoms with Gasteiger partial charge in [0.25, 0.3) is 0 Å². The molecular formula is C12H21N. The molecule has 2 atom stereocenters. The summed E-state index contributed by atoms with van der Waals surface area (Å²) in [5, 5.41) is 0. The van der Waals surface area contributed by atoms with E-state index in [0.717, 1.165) is 0 Å². The van der Waals surface area contributed by atoms with Crippen LogP contribution in [0.4, 0.5) is 0 Å². The molecule has 0 aromatic carbocycles. The highest BCUT2D eigenvalue weighted by Crippen LogP contribution is 2.14. The van der Waals surface area contributed by atoms with Gasteiger partial charge < -0.3 is 4.90 Å². The lowest BCUT2D eigenvalue weighted by atomic mass is 10.0. The van der Waals surface area contributed by atoms with Crippen molar-refractivity contribution in [2.45, 2.75) is 26.8 Å². The van der Waals surface area contributed by atoms with Gasteiger partial charge in [-0.2, -0.15) is 0 Å². The Morgan fingerprint density at radius 1 is 1.31 bits per heavy atom. The van der Waals surface area contributed by atoms with Crippen molar-refractivity contribution >= 4 is 0 Å². The fourth-order valence-corrected chi connectivity index (χ4v) is 1.16. The maximum absolute atomic E-state index is 3.80. The first-order valence-electron chi connectivity index (χ1n) is 4.69. The van der Waals surface area contributed by atoms with Gasteiger partial charge in [0, 0.05) is 18.8 Å². The Kier molecular flexibility index (Phi) is 5.20. The Labute approximate surface area is 82.4 Å². The molecule has 0 aliphatic heterocycles. The van der Waals surface area contributed by atoms with Crippen LogP contribution in [-0.4, -0.2) is 18.0 Å². The van der Waals surface area contributed by atoms with Crippen molar-refractivity contribution in [3.05, 3.63) is 37.1 Å². The Morgan fingerprint density at radius 3 is 2.23 bits per heavy atom. The van der Waals surface area contributed by atoms with Gasteiger partial charge in [-0.25, -0.2) is 0 Å². The summed E-state index contributed by atoms with van der Waals surface area (Å²) in [4.78, 5) is 2.24. The molecule has 0 fully saturated rings. The molecule has 0 bridgehead atoms. The van der Waals surface area contributed by atoms with Gasteiger partial charge in [0.1, 0.15) is 0 Å². The molecule has 0 aromatic rings. The van der Waals surface area contributed by atoms with E-state index in [0.29, 0.717) is 12.0 Å². The van der Waals surface area contributed by atoms with Gasteiger partial charge in [0.05, 0.1) is 0 Å². The van der Waals surface area contributed by atoms with Crippen molar-refractivity contribution in [3.63, 3.8) is 0 Å². The molecule has 0 heterocycles. The largest absolute Gasteiger partial charge is 0.375 e. The molecular weight excluding hydrogens is 158 g/mol. The molecule has 13 heavy (non-hydrogen) atoms. The Hall–Kier alpha value is -0.980. The van der Waals surface area contributed by atoms with E-state index in [9.17, 15) is 0 Å². The van der Waals surface area contributed by atoms with Crippen LogP contribution in [-0.2, 0) is 0 Å². The fraction of sp³-hybridized carbons (Fsp3) is 0.500. The zero-order valence-electron chi connectivity index (χ0n) is 9.25. The fourth-order valence-electron chi connectivity index (χ4n) is 1.16. The zero-order chi connectivity index (χ0) is 10.4. The third-order valence-corrected chi connectivity index (χ3v) is 2.66. The summed E-state index contributed by atoms with van der Waals surface area (Å²) in [5.74, 6) is 0.498. The lowest BCUT2D eigenvalue weighted by Gasteiger charge is -2.30. The minimum absolute atomic E-state index is 0.480. The topological polar surface area (TPSA) is 3.24 Å². The predicted molar refractivity (Wildman–Crippen MR) is 60.5 cm³/mol. The zero-order valence-corrected chi connectivity index (χ0v) is 9.25. The standard InChI is InChI=1S/C12H21N/c1-7-9-11(4)13(6)12(5)10(3)8-2/h7-10,12H,1-2H2,3-6H3/b11-9-. The summed E-state index contributed by atoms with van der Waals surface area (Å²) in [7, 11) is 2.10. The molecule has 0 aliphatic carbocycles. The summed E-state index contributed by atoms with van der Waals surface area (Å²) in [6.45, 7) is 14.0. The van der Waals surface area contributed by atoms with Crippen LogP contribution in [0.5, 0.6) is 0 Å².